The van der Waals surface area contributed by atoms with Crippen LogP contribution in [0.15, 0.2) is 60.8 Å². The van der Waals surface area contributed by atoms with Crippen molar-refractivity contribution < 1.29 is 63.1 Å². The summed E-state index contributed by atoms with van der Waals surface area (Å²) in [5.74, 6) is -1.14. The van der Waals surface area contributed by atoms with E-state index in [9.17, 15) is 44.6 Å². The lowest BCUT2D eigenvalue weighted by Gasteiger charge is -2.41. The SMILES string of the molecule is CCC=CCC=CCC=CCC=CCC=CCCCCCC(=O)O[C@H](COC(=O)CCCCCCCCCCCCCCC)COP(=O)(O)OC1C(O)C(O)C(O)[C@@H](O)C1O. The summed E-state index contributed by atoms with van der Waals surface area (Å²) < 4.78 is 33.5. The van der Waals surface area contributed by atoms with Gasteiger partial charge in [0.15, 0.2) is 6.10 Å². The molecule has 0 aliphatic heterocycles. The second kappa shape index (κ2) is 37.0. The van der Waals surface area contributed by atoms with Gasteiger partial charge in [-0.05, 0) is 57.8 Å². The minimum absolute atomic E-state index is 0.0565. The molecule has 13 nitrogen and oxygen atoms in total. The fourth-order valence-electron chi connectivity index (χ4n) is 6.67. The van der Waals surface area contributed by atoms with Gasteiger partial charge in [-0.15, -0.1) is 0 Å². The first-order valence-electron chi connectivity index (χ1n) is 23.1. The van der Waals surface area contributed by atoms with Crippen LogP contribution in [-0.4, -0.2) is 98.3 Å². The summed E-state index contributed by atoms with van der Waals surface area (Å²) >= 11 is 0. The van der Waals surface area contributed by atoms with E-state index in [0.717, 1.165) is 70.6 Å². The highest BCUT2D eigenvalue weighted by Crippen LogP contribution is 2.47. The van der Waals surface area contributed by atoms with E-state index in [1.165, 1.54) is 57.8 Å². The molecule has 61 heavy (non-hydrogen) atoms. The maximum Gasteiger partial charge on any atom is 0.472 e. The molecule has 0 aromatic heterocycles. The second-order valence-corrected chi connectivity index (χ2v) is 17.3. The number of unbranched alkanes of at least 4 members (excludes halogenated alkanes) is 15. The Bertz CT molecular complexity index is 1300. The molecule has 0 radical (unpaired) electrons. The molecule has 1 saturated carbocycles. The Labute approximate surface area is 366 Å². The Morgan fingerprint density at radius 2 is 0.934 bits per heavy atom. The molecular weight excluding hydrogens is 803 g/mol. The van der Waals surface area contributed by atoms with E-state index < -0.39 is 75.7 Å². The number of phosphoric acid groups is 1. The summed E-state index contributed by atoms with van der Waals surface area (Å²) in [5, 5.41) is 50.1. The molecule has 0 aromatic rings. The van der Waals surface area contributed by atoms with Crippen LogP contribution < -0.4 is 0 Å². The summed E-state index contributed by atoms with van der Waals surface area (Å²) in [6.07, 6.45) is 31.3. The number of ether oxygens (including phenoxy) is 2. The van der Waals surface area contributed by atoms with Crippen molar-refractivity contribution in [2.75, 3.05) is 13.2 Å². The Balaban J connectivity index is 2.49. The second-order valence-electron chi connectivity index (χ2n) is 15.9. The number of carbonyl (C=O) groups is 2. The Morgan fingerprint density at radius 1 is 0.525 bits per heavy atom. The van der Waals surface area contributed by atoms with Gasteiger partial charge < -0.3 is 39.9 Å². The van der Waals surface area contributed by atoms with Crippen molar-refractivity contribution >= 4 is 19.8 Å². The third-order valence-electron chi connectivity index (χ3n) is 10.4. The number of allylic oxidation sites excluding steroid dienone is 10. The van der Waals surface area contributed by atoms with Crippen LogP contribution in [0.3, 0.4) is 0 Å². The molecule has 1 aliphatic rings. The normalized spacial score (nSPS) is 22.6. The van der Waals surface area contributed by atoms with Crippen LogP contribution in [0, 0.1) is 0 Å². The van der Waals surface area contributed by atoms with Crippen LogP contribution in [0.5, 0.6) is 0 Å². The van der Waals surface area contributed by atoms with Crippen LogP contribution >= 0.6 is 7.82 Å². The molecule has 8 atom stereocenters. The monoisotopic (exact) mass is 885 g/mol. The number of esters is 2. The van der Waals surface area contributed by atoms with Gasteiger partial charge in [0.25, 0.3) is 0 Å². The molecule has 0 aromatic carbocycles. The van der Waals surface area contributed by atoms with Gasteiger partial charge in [-0.25, -0.2) is 4.57 Å². The first-order chi connectivity index (χ1) is 29.4. The number of aliphatic hydroxyl groups is 5. The average Bonchev–Trinajstić information content (AvgIpc) is 3.24. The lowest BCUT2D eigenvalue weighted by atomic mass is 9.85. The smallest absolute Gasteiger partial charge is 0.462 e. The number of hydrogen-bond acceptors (Lipinski definition) is 12. The fourth-order valence-corrected chi connectivity index (χ4v) is 7.64. The van der Waals surface area contributed by atoms with Gasteiger partial charge in [-0.2, -0.15) is 0 Å². The highest BCUT2D eigenvalue weighted by molar-refractivity contribution is 7.47. The Kier molecular flexibility index (Phi) is 34.3. The van der Waals surface area contributed by atoms with Gasteiger partial charge in [0, 0.05) is 12.8 Å². The van der Waals surface area contributed by atoms with Crippen molar-refractivity contribution in [3.05, 3.63) is 60.8 Å². The first kappa shape index (κ1) is 56.6. The van der Waals surface area contributed by atoms with Gasteiger partial charge >= 0.3 is 19.8 Å². The van der Waals surface area contributed by atoms with Gasteiger partial charge in [0.05, 0.1) is 6.61 Å². The summed E-state index contributed by atoms with van der Waals surface area (Å²) in [5.41, 5.74) is 0. The molecule has 14 heteroatoms. The lowest BCUT2D eigenvalue weighted by molar-refractivity contribution is -0.220. The Hall–Kier alpha value is -2.45. The zero-order valence-corrected chi connectivity index (χ0v) is 38.1. The molecule has 1 rings (SSSR count). The van der Waals surface area contributed by atoms with Gasteiger partial charge in [0.2, 0.25) is 0 Å². The zero-order chi connectivity index (χ0) is 45.0. The largest absolute Gasteiger partial charge is 0.472 e. The molecule has 0 amide bonds. The van der Waals surface area contributed by atoms with Crippen molar-refractivity contribution in [2.24, 2.45) is 0 Å². The van der Waals surface area contributed by atoms with E-state index in [4.69, 9.17) is 18.5 Å². The van der Waals surface area contributed by atoms with Crippen molar-refractivity contribution in [1.29, 1.82) is 0 Å². The average molecular weight is 885 g/mol. The van der Waals surface area contributed by atoms with E-state index in [1.807, 2.05) is 0 Å². The molecule has 6 unspecified atom stereocenters. The quantitative estimate of drug-likeness (QED) is 0.0149. The van der Waals surface area contributed by atoms with Gasteiger partial charge in [0.1, 0.15) is 43.2 Å². The van der Waals surface area contributed by atoms with E-state index in [2.05, 4.69) is 74.6 Å². The molecular formula is C47H81O13P. The first-order valence-corrected chi connectivity index (χ1v) is 24.6. The predicted octanol–water partition coefficient (Wildman–Crippen LogP) is 8.94. The molecule has 0 heterocycles. The predicted molar refractivity (Wildman–Crippen MR) is 239 cm³/mol. The van der Waals surface area contributed by atoms with Crippen LogP contribution in [-0.2, 0) is 32.7 Å². The van der Waals surface area contributed by atoms with Crippen LogP contribution in [0.25, 0.3) is 0 Å². The standard InChI is InChI=1S/C47H81O13P/c1-3-5-7-9-11-13-15-17-18-19-20-21-22-24-26-28-30-32-34-36-41(49)59-39(38-58-61(55,56)60-47-45(53)43(51)42(50)44(52)46(47)54)37-57-40(48)35-33-31-29-27-25-23-16-14-12-10-8-6-4-2/h5,7,11,13,17-18,20-21,24,26,39,42-47,50-54H,3-4,6,8-10,12,14-16,19,22-23,25,27-38H2,1-2H3,(H,55,56)/t39-,42?,43-,44?,45?,46?,47?/m1/s1. The summed E-state index contributed by atoms with van der Waals surface area (Å²) in [7, 11) is -5.13. The topological polar surface area (TPSA) is 210 Å². The van der Waals surface area contributed by atoms with Gasteiger partial charge in [-0.3, -0.25) is 18.6 Å². The van der Waals surface area contributed by atoms with Crippen molar-refractivity contribution in [3.63, 3.8) is 0 Å². The highest BCUT2D eigenvalue weighted by Gasteiger charge is 2.51. The highest BCUT2D eigenvalue weighted by atomic mass is 31.2. The minimum Gasteiger partial charge on any atom is -0.462 e. The third-order valence-corrected chi connectivity index (χ3v) is 11.4. The van der Waals surface area contributed by atoms with Crippen LogP contribution in [0.4, 0.5) is 0 Å². The number of hydrogen-bond donors (Lipinski definition) is 6. The molecule has 1 fully saturated rings. The van der Waals surface area contributed by atoms with E-state index >= 15 is 0 Å². The lowest BCUT2D eigenvalue weighted by Crippen LogP contribution is -2.64. The van der Waals surface area contributed by atoms with Crippen molar-refractivity contribution in [2.45, 2.75) is 211 Å². The summed E-state index contributed by atoms with van der Waals surface area (Å²) in [4.78, 5) is 35.7. The molecule has 0 spiro atoms. The fraction of sp³-hybridized carbons (Fsp3) is 0.745. The third kappa shape index (κ3) is 29.5. The van der Waals surface area contributed by atoms with Crippen LogP contribution in [0.1, 0.15) is 168 Å². The van der Waals surface area contributed by atoms with E-state index in [-0.39, 0.29) is 12.8 Å². The molecule has 352 valence electrons. The minimum atomic E-state index is -5.13. The number of phosphoric ester groups is 1. The Morgan fingerprint density at radius 3 is 1.43 bits per heavy atom. The van der Waals surface area contributed by atoms with Crippen molar-refractivity contribution in [3.8, 4) is 0 Å². The maximum absolute atomic E-state index is 12.8. The maximum atomic E-state index is 12.8. The van der Waals surface area contributed by atoms with Crippen LogP contribution in [0.2, 0.25) is 0 Å². The van der Waals surface area contributed by atoms with Gasteiger partial charge in [-0.1, -0.05) is 158 Å². The zero-order valence-electron chi connectivity index (χ0n) is 37.2. The number of carbonyl (C=O) groups excluding carboxylic acids is 2. The van der Waals surface area contributed by atoms with E-state index in [1.54, 1.807) is 0 Å². The molecule has 0 bridgehead atoms. The molecule has 6 N–H and O–H groups in total. The van der Waals surface area contributed by atoms with E-state index in [0.29, 0.717) is 12.8 Å². The number of rotatable bonds is 37. The summed E-state index contributed by atoms with van der Waals surface area (Å²) in [6.45, 7) is 3.15. The number of aliphatic hydroxyl groups excluding tert-OH is 5. The summed E-state index contributed by atoms with van der Waals surface area (Å²) in [6, 6.07) is 0. The molecule has 0 saturated heterocycles. The van der Waals surface area contributed by atoms with Crippen molar-refractivity contribution in [1.82, 2.24) is 0 Å². The molecule has 1 aliphatic carbocycles.